The molecule has 1 N–H and O–H groups in total. The number of rotatable bonds is 6. The highest BCUT2D eigenvalue weighted by atomic mass is 16.5. The van der Waals surface area contributed by atoms with E-state index < -0.39 is 0 Å². The molecular formula is C17H21N3O3. The van der Waals surface area contributed by atoms with E-state index >= 15 is 0 Å². The summed E-state index contributed by atoms with van der Waals surface area (Å²) < 4.78 is 10.3. The first-order valence-electron chi connectivity index (χ1n) is 7.98. The van der Waals surface area contributed by atoms with Gasteiger partial charge in [0.25, 0.3) is 0 Å². The summed E-state index contributed by atoms with van der Waals surface area (Å²) in [6.07, 6.45) is 5.09. The van der Waals surface area contributed by atoms with Crippen LogP contribution in [0.15, 0.2) is 28.8 Å². The third kappa shape index (κ3) is 4.09. The Morgan fingerprint density at radius 2 is 2.04 bits per heavy atom. The van der Waals surface area contributed by atoms with Crippen molar-refractivity contribution in [1.82, 2.24) is 15.5 Å². The lowest BCUT2D eigenvalue weighted by atomic mass is 10.1. The topological polar surface area (TPSA) is 77.2 Å². The normalized spacial score (nSPS) is 14.8. The van der Waals surface area contributed by atoms with Crippen molar-refractivity contribution in [3.05, 3.63) is 30.2 Å². The Kier molecular flexibility index (Phi) is 4.90. The van der Waals surface area contributed by atoms with Crippen molar-refractivity contribution in [3.63, 3.8) is 0 Å². The molecule has 3 rings (SSSR count). The average Bonchev–Trinajstić information content (AvgIpc) is 3.25. The molecule has 0 bridgehead atoms. The van der Waals surface area contributed by atoms with E-state index in [0.29, 0.717) is 17.6 Å². The van der Waals surface area contributed by atoms with E-state index in [0.717, 1.165) is 17.9 Å². The first kappa shape index (κ1) is 15.5. The zero-order chi connectivity index (χ0) is 16.1. The predicted molar refractivity (Wildman–Crippen MR) is 85.0 cm³/mol. The zero-order valence-corrected chi connectivity index (χ0v) is 13.2. The molecule has 0 unspecified atom stereocenters. The van der Waals surface area contributed by atoms with Gasteiger partial charge in [0, 0.05) is 12.1 Å². The van der Waals surface area contributed by atoms with Gasteiger partial charge in [0.2, 0.25) is 17.6 Å². The van der Waals surface area contributed by atoms with Crippen LogP contribution in [0.1, 0.15) is 31.6 Å². The smallest absolute Gasteiger partial charge is 0.236 e. The monoisotopic (exact) mass is 315 g/mol. The lowest BCUT2D eigenvalue weighted by molar-refractivity contribution is -0.120. The quantitative estimate of drug-likeness (QED) is 0.886. The Balaban J connectivity index is 1.54. The molecule has 0 aliphatic heterocycles. The van der Waals surface area contributed by atoms with Crippen molar-refractivity contribution >= 4 is 5.91 Å². The van der Waals surface area contributed by atoms with Crippen LogP contribution in [0.25, 0.3) is 11.4 Å². The van der Waals surface area contributed by atoms with Gasteiger partial charge in [0.1, 0.15) is 12.2 Å². The van der Waals surface area contributed by atoms with Gasteiger partial charge in [-0.2, -0.15) is 4.98 Å². The molecule has 23 heavy (non-hydrogen) atoms. The van der Waals surface area contributed by atoms with Crippen LogP contribution in [0, 0.1) is 5.92 Å². The Morgan fingerprint density at radius 3 is 2.74 bits per heavy atom. The Morgan fingerprint density at radius 1 is 1.30 bits per heavy atom. The number of ether oxygens (including phenoxy) is 1. The van der Waals surface area contributed by atoms with E-state index in [1.807, 2.05) is 24.3 Å². The molecule has 0 radical (unpaired) electrons. The maximum Gasteiger partial charge on any atom is 0.236 e. The van der Waals surface area contributed by atoms with Gasteiger partial charge in [0.15, 0.2) is 0 Å². The fourth-order valence-electron chi connectivity index (χ4n) is 2.86. The van der Waals surface area contributed by atoms with Crippen molar-refractivity contribution in [2.45, 2.75) is 32.1 Å². The van der Waals surface area contributed by atoms with Gasteiger partial charge in [-0.05, 0) is 43.0 Å². The van der Waals surface area contributed by atoms with Crippen LogP contribution in [0.2, 0.25) is 0 Å². The fraction of sp³-hybridized carbons (Fsp3) is 0.471. The van der Waals surface area contributed by atoms with Gasteiger partial charge in [0.05, 0.1) is 7.11 Å². The number of carbonyl (C=O) groups is 1. The summed E-state index contributed by atoms with van der Waals surface area (Å²) >= 11 is 0. The summed E-state index contributed by atoms with van der Waals surface area (Å²) in [4.78, 5) is 16.2. The highest BCUT2D eigenvalue weighted by molar-refractivity contribution is 5.77. The van der Waals surface area contributed by atoms with Crippen molar-refractivity contribution in [1.29, 1.82) is 0 Å². The minimum Gasteiger partial charge on any atom is -0.497 e. The number of hydrogen-bond acceptors (Lipinski definition) is 5. The lowest BCUT2D eigenvalue weighted by Gasteiger charge is -2.09. The van der Waals surface area contributed by atoms with Gasteiger partial charge in [-0.1, -0.05) is 18.0 Å². The van der Waals surface area contributed by atoms with E-state index in [2.05, 4.69) is 15.5 Å². The lowest BCUT2D eigenvalue weighted by Crippen LogP contribution is -2.29. The molecule has 6 heteroatoms. The predicted octanol–water partition coefficient (Wildman–Crippen LogP) is 2.59. The van der Waals surface area contributed by atoms with E-state index in [1.54, 1.807) is 7.11 Å². The standard InChI is InChI=1S/C17H21N3O3/c1-22-14-8-6-13(7-9-14)17-19-16(23-20-17)10-15(21)18-11-12-4-2-3-5-12/h6-9,12H,2-5,10-11H2,1H3,(H,18,21). The molecule has 0 atom stereocenters. The molecule has 1 saturated carbocycles. The minimum atomic E-state index is -0.0677. The first-order valence-corrected chi connectivity index (χ1v) is 7.98. The van der Waals surface area contributed by atoms with E-state index in [4.69, 9.17) is 9.26 Å². The molecule has 1 heterocycles. The molecule has 1 aliphatic rings. The van der Waals surface area contributed by atoms with Crippen LogP contribution in [0.4, 0.5) is 0 Å². The summed E-state index contributed by atoms with van der Waals surface area (Å²) in [6.45, 7) is 0.748. The molecule has 1 aromatic heterocycles. The summed E-state index contributed by atoms with van der Waals surface area (Å²) in [5, 5.41) is 6.88. The van der Waals surface area contributed by atoms with E-state index in [1.165, 1.54) is 25.7 Å². The molecule has 1 aromatic carbocycles. The van der Waals surface area contributed by atoms with Crippen molar-refractivity contribution in [3.8, 4) is 17.1 Å². The Bertz CT molecular complexity index is 645. The average molecular weight is 315 g/mol. The second-order valence-electron chi connectivity index (χ2n) is 5.87. The second-order valence-corrected chi connectivity index (χ2v) is 5.87. The molecular weight excluding hydrogens is 294 g/mol. The molecule has 0 saturated heterocycles. The zero-order valence-electron chi connectivity index (χ0n) is 13.2. The Labute approximate surface area is 135 Å². The van der Waals surface area contributed by atoms with Gasteiger partial charge in [-0.15, -0.1) is 0 Å². The maximum absolute atomic E-state index is 11.9. The number of benzene rings is 1. The molecule has 1 amide bonds. The molecule has 1 fully saturated rings. The first-order chi connectivity index (χ1) is 11.2. The van der Waals surface area contributed by atoms with Crippen LogP contribution in [0.5, 0.6) is 5.75 Å². The number of nitrogens with one attached hydrogen (secondary N) is 1. The summed E-state index contributed by atoms with van der Waals surface area (Å²) in [5.74, 6) is 2.13. The van der Waals surface area contributed by atoms with Gasteiger partial charge in [-0.3, -0.25) is 4.79 Å². The van der Waals surface area contributed by atoms with Gasteiger partial charge in [-0.25, -0.2) is 0 Å². The SMILES string of the molecule is COc1ccc(-c2noc(CC(=O)NCC3CCCC3)n2)cc1. The van der Waals surface area contributed by atoms with Gasteiger partial charge >= 0.3 is 0 Å². The van der Waals surface area contributed by atoms with E-state index in [-0.39, 0.29) is 12.3 Å². The second kappa shape index (κ2) is 7.26. The number of carbonyl (C=O) groups excluding carboxylic acids is 1. The molecule has 2 aromatic rings. The number of methoxy groups -OCH3 is 1. The molecule has 122 valence electrons. The molecule has 0 spiro atoms. The Hall–Kier alpha value is -2.37. The summed E-state index contributed by atoms with van der Waals surface area (Å²) in [7, 11) is 1.62. The van der Waals surface area contributed by atoms with Crippen LogP contribution in [-0.4, -0.2) is 29.7 Å². The number of amides is 1. The number of nitrogens with zero attached hydrogens (tertiary/aromatic N) is 2. The molecule has 1 aliphatic carbocycles. The van der Waals surface area contributed by atoms with Crippen LogP contribution >= 0.6 is 0 Å². The van der Waals surface area contributed by atoms with Crippen molar-refractivity contribution < 1.29 is 14.1 Å². The van der Waals surface area contributed by atoms with Crippen molar-refractivity contribution in [2.24, 2.45) is 5.92 Å². The largest absolute Gasteiger partial charge is 0.497 e. The van der Waals surface area contributed by atoms with Crippen LogP contribution in [-0.2, 0) is 11.2 Å². The number of hydrogen-bond donors (Lipinski definition) is 1. The molecule has 6 nitrogen and oxygen atoms in total. The van der Waals surface area contributed by atoms with Crippen LogP contribution in [0.3, 0.4) is 0 Å². The fourth-order valence-corrected chi connectivity index (χ4v) is 2.86. The van der Waals surface area contributed by atoms with E-state index in [9.17, 15) is 4.79 Å². The highest BCUT2D eigenvalue weighted by Gasteiger charge is 2.17. The number of aromatic nitrogens is 2. The third-order valence-corrected chi connectivity index (χ3v) is 4.19. The minimum absolute atomic E-state index is 0.0677. The van der Waals surface area contributed by atoms with Crippen molar-refractivity contribution in [2.75, 3.05) is 13.7 Å². The van der Waals surface area contributed by atoms with Gasteiger partial charge < -0.3 is 14.6 Å². The highest BCUT2D eigenvalue weighted by Crippen LogP contribution is 2.23. The third-order valence-electron chi connectivity index (χ3n) is 4.19. The summed E-state index contributed by atoms with van der Waals surface area (Å²) in [5.41, 5.74) is 0.826. The van der Waals surface area contributed by atoms with Crippen LogP contribution < -0.4 is 10.1 Å². The summed E-state index contributed by atoms with van der Waals surface area (Å²) in [6, 6.07) is 7.38. The maximum atomic E-state index is 11.9.